The molecule has 0 unspecified atom stereocenters. The number of hydrazone groups is 1. The van der Waals surface area contributed by atoms with Crippen LogP contribution in [0.25, 0.3) is 0 Å². The van der Waals surface area contributed by atoms with E-state index >= 15 is 0 Å². The number of amides is 2. The largest absolute Gasteiger partial charge is 0.379 e. The summed E-state index contributed by atoms with van der Waals surface area (Å²) >= 11 is 0. The Kier molecular flexibility index (Phi) is 8.89. The van der Waals surface area contributed by atoms with Crippen molar-refractivity contribution < 1.29 is 23.1 Å². The molecule has 2 aliphatic heterocycles. The number of nitrogens with zero attached hydrogens (tertiary/aromatic N) is 4. The lowest BCUT2D eigenvalue weighted by Crippen LogP contribution is -2.47. The van der Waals surface area contributed by atoms with Crippen molar-refractivity contribution in [3.63, 3.8) is 0 Å². The summed E-state index contributed by atoms with van der Waals surface area (Å²) in [4.78, 5) is 30.8. The highest BCUT2D eigenvalue weighted by Crippen LogP contribution is 2.34. The Bertz CT molecular complexity index is 1160. The van der Waals surface area contributed by atoms with E-state index in [0.717, 1.165) is 13.1 Å². The highest BCUT2D eigenvalue weighted by Gasteiger charge is 2.36. The number of hydrogen-bond donors (Lipinski definition) is 0. The van der Waals surface area contributed by atoms with Crippen LogP contribution in [0.3, 0.4) is 0 Å². The van der Waals surface area contributed by atoms with E-state index in [2.05, 4.69) is 10.0 Å². The third-order valence-electron chi connectivity index (χ3n) is 6.76. The topological polar surface area (TPSA) is 65.5 Å². The van der Waals surface area contributed by atoms with Gasteiger partial charge in [-0.05, 0) is 29.2 Å². The van der Waals surface area contributed by atoms with Gasteiger partial charge in [-0.2, -0.15) is 5.10 Å². The lowest BCUT2D eigenvalue weighted by Gasteiger charge is -2.32. The summed E-state index contributed by atoms with van der Waals surface area (Å²) in [5.41, 5.74) is 1.33. The second-order valence-corrected chi connectivity index (χ2v) is 11.0. The molecule has 2 aromatic carbocycles. The fourth-order valence-electron chi connectivity index (χ4n) is 4.72. The minimum atomic E-state index is -0.664. The van der Waals surface area contributed by atoms with Crippen molar-refractivity contribution in [2.45, 2.75) is 39.7 Å². The van der Waals surface area contributed by atoms with Crippen LogP contribution in [0.4, 0.5) is 8.78 Å². The first-order chi connectivity index (χ1) is 18.1. The lowest BCUT2D eigenvalue weighted by molar-refractivity contribution is -0.142. The second-order valence-electron chi connectivity index (χ2n) is 11.0. The van der Waals surface area contributed by atoms with Crippen molar-refractivity contribution in [1.29, 1.82) is 0 Å². The summed E-state index contributed by atoms with van der Waals surface area (Å²) in [6, 6.07) is 11.5. The van der Waals surface area contributed by atoms with Crippen molar-refractivity contribution in [1.82, 2.24) is 14.8 Å². The molecule has 7 nitrogen and oxygen atoms in total. The molecule has 0 radical (unpaired) electrons. The molecule has 204 valence electrons. The number of morpholine rings is 1. The summed E-state index contributed by atoms with van der Waals surface area (Å²) in [5, 5.41) is 5.87. The Balaban J connectivity index is 1.58. The molecule has 2 aromatic rings. The summed E-state index contributed by atoms with van der Waals surface area (Å²) in [6.07, 6.45) is 0.576. The SMILES string of the molecule is CC(C)(C)CC(=O)N(CCN1CCOCC1)CC(=O)N1N=C(c2ccc(F)cc2)C[C@H]1c1ccccc1F. The van der Waals surface area contributed by atoms with E-state index in [1.54, 1.807) is 35.2 Å². The molecule has 2 heterocycles. The van der Waals surface area contributed by atoms with Crippen LogP contribution < -0.4 is 0 Å². The van der Waals surface area contributed by atoms with E-state index in [1.807, 2.05) is 20.8 Å². The summed E-state index contributed by atoms with van der Waals surface area (Å²) in [6.45, 7) is 9.68. The highest BCUT2D eigenvalue weighted by atomic mass is 19.1. The van der Waals surface area contributed by atoms with Gasteiger partial charge in [-0.1, -0.05) is 51.1 Å². The predicted octanol–water partition coefficient (Wildman–Crippen LogP) is 4.24. The average Bonchev–Trinajstić information content (AvgIpc) is 3.32. The fraction of sp³-hybridized carbons (Fsp3) is 0.483. The Labute approximate surface area is 223 Å². The maximum atomic E-state index is 14.8. The molecule has 0 aromatic heterocycles. The zero-order valence-corrected chi connectivity index (χ0v) is 22.3. The molecule has 0 aliphatic carbocycles. The molecule has 9 heteroatoms. The number of carbonyl (C=O) groups excluding carboxylic acids is 2. The van der Waals surface area contributed by atoms with Gasteiger partial charge in [0.1, 0.15) is 18.2 Å². The first kappa shape index (κ1) is 27.9. The van der Waals surface area contributed by atoms with Crippen molar-refractivity contribution in [3.05, 3.63) is 71.3 Å². The van der Waals surface area contributed by atoms with Gasteiger partial charge in [-0.3, -0.25) is 14.5 Å². The molecule has 2 amide bonds. The zero-order chi connectivity index (χ0) is 27.3. The first-order valence-electron chi connectivity index (χ1n) is 13.1. The molecule has 4 rings (SSSR count). The second kappa shape index (κ2) is 12.1. The standard InChI is InChI=1S/C29H36F2N4O3/c1-29(2,3)19-27(36)34(13-12-33-14-16-38-17-15-33)20-28(37)35-26(23-6-4-5-7-24(23)31)18-25(32-35)21-8-10-22(30)11-9-21/h4-11,26H,12-20H2,1-3H3/t26-/m0/s1. The summed E-state index contributed by atoms with van der Waals surface area (Å²) in [7, 11) is 0. The van der Waals surface area contributed by atoms with Crippen LogP contribution in [0.2, 0.25) is 0 Å². The number of rotatable bonds is 8. The zero-order valence-electron chi connectivity index (χ0n) is 22.3. The van der Waals surface area contributed by atoms with Gasteiger partial charge in [-0.15, -0.1) is 0 Å². The van der Waals surface area contributed by atoms with E-state index in [4.69, 9.17) is 4.74 Å². The lowest BCUT2D eigenvalue weighted by atomic mass is 9.91. The molecular formula is C29H36F2N4O3. The molecule has 2 aliphatic rings. The Morgan fingerprint density at radius 3 is 2.39 bits per heavy atom. The van der Waals surface area contributed by atoms with E-state index in [1.165, 1.54) is 23.2 Å². The summed E-state index contributed by atoms with van der Waals surface area (Å²) < 4.78 is 33.8. The molecule has 1 fully saturated rings. The van der Waals surface area contributed by atoms with Crippen LogP contribution >= 0.6 is 0 Å². The van der Waals surface area contributed by atoms with Gasteiger partial charge in [0.05, 0.1) is 25.0 Å². The van der Waals surface area contributed by atoms with Crippen LogP contribution in [-0.4, -0.2) is 78.3 Å². The molecule has 1 atom stereocenters. The van der Waals surface area contributed by atoms with Crippen LogP contribution in [-0.2, 0) is 14.3 Å². The van der Waals surface area contributed by atoms with Crippen molar-refractivity contribution in [2.24, 2.45) is 10.5 Å². The number of ether oxygens (including phenoxy) is 1. The fourth-order valence-corrected chi connectivity index (χ4v) is 4.72. The third kappa shape index (κ3) is 7.23. The summed E-state index contributed by atoms with van der Waals surface area (Å²) in [5.74, 6) is -1.30. The van der Waals surface area contributed by atoms with Gasteiger partial charge in [0.25, 0.3) is 5.91 Å². The smallest absolute Gasteiger partial charge is 0.262 e. The average molecular weight is 527 g/mol. The molecule has 0 N–H and O–H groups in total. The van der Waals surface area contributed by atoms with Gasteiger partial charge in [-0.25, -0.2) is 13.8 Å². The van der Waals surface area contributed by atoms with Crippen molar-refractivity contribution in [2.75, 3.05) is 45.9 Å². The van der Waals surface area contributed by atoms with E-state index in [0.29, 0.717) is 49.6 Å². The van der Waals surface area contributed by atoms with Gasteiger partial charge in [0.15, 0.2) is 0 Å². The van der Waals surface area contributed by atoms with Crippen molar-refractivity contribution in [3.8, 4) is 0 Å². The van der Waals surface area contributed by atoms with Crippen LogP contribution in [0, 0.1) is 17.0 Å². The monoisotopic (exact) mass is 526 g/mol. The van der Waals surface area contributed by atoms with Gasteiger partial charge >= 0.3 is 0 Å². The molecule has 0 saturated carbocycles. The van der Waals surface area contributed by atoms with Crippen molar-refractivity contribution >= 4 is 17.5 Å². The van der Waals surface area contributed by atoms with E-state index < -0.39 is 11.9 Å². The maximum absolute atomic E-state index is 14.8. The highest BCUT2D eigenvalue weighted by molar-refractivity contribution is 6.03. The van der Waals surface area contributed by atoms with Gasteiger partial charge in [0.2, 0.25) is 5.91 Å². The minimum absolute atomic E-state index is 0.108. The van der Waals surface area contributed by atoms with E-state index in [9.17, 15) is 18.4 Å². The Hall–Kier alpha value is -3.17. The molecule has 38 heavy (non-hydrogen) atoms. The molecule has 0 bridgehead atoms. The maximum Gasteiger partial charge on any atom is 0.262 e. The van der Waals surface area contributed by atoms with E-state index in [-0.39, 0.29) is 36.0 Å². The number of halogens is 2. The Morgan fingerprint density at radius 2 is 1.74 bits per heavy atom. The van der Waals surface area contributed by atoms with Gasteiger partial charge < -0.3 is 9.64 Å². The normalized spacial score (nSPS) is 18.4. The molecule has 0 spiro atoms. The number of benzene rings is 2. The van der Waals surface area contributed by atoms with Crippen LogP contribution in [0.5, 0.6) is 0 Å². The van der Waals surface area contributed by atoms with Crippen LogP contribution in [0.15, 0.2) is 53.6 Å². The van der Waals surface area contributed by atoms with Crippen LogP contribution in [0.1, 0.15) is 50.8 Å². The number of hydrogen-bond acceptors (Lipinski definition) is 5. The molecule has 1 saturated heterocycles. The quantitative estimate of drug-likeness (QED) is 0.516. The predicted molar refractivity (Wildman–Crippen MR) is 141 cm³/mol. The Morgan fingerprint density at radius 1 is 1.05 bits per heavy atom. The number of carbonyl (C=O) groups is 2. The first-order valence-corrected chi connectivity index (χ1v) is 13.1. The molecular weight excluding hydrogens is 490 g/mol. The third-order valence-corrected chi connectivity index (χ3v) is 6.76. The minimum Gasteiger partial charge on any atom is -0.379 e. The van der Waals surface area contributed by atoms with Gasteiger partial charge in [0, 0.05) is 44.6 Å².